The standard InChI is InChI=1S/C19H19ClN2OS2/c1-12-2-7-15-16(10-12)25-18-17(15)19(23)22(11-21-18)8-9-24-14-5-3-13(20)4-6-14/h3-6,11-12H,2,7-10H2,1H3/t12-/m1/s1. The predicted molar refractivity (Wildman–Crippen MR) is 107 cm³/mol. The molecule has 3 nitrogen and oxygen atoms in total. The third kappa shape index (κ3) is 3.50. The van der Waals surface area contributed by atoms with Crippen LogP contribution in [0.3, 0.4) is 0 Å². The molecular formula is C19H19ClN2OS2. The SMILES string of the molecule is C[C@@H]1CCc2c(sc3ncn(CCSc4ccc(Cl)cc4)c(=O)c23)C1. The Kier molecular flexibility index (Phi) is 4.89. The van der Waals surface area contributed by atoms with Gasteiger partial charge in [-0.3, -0.25) is 9.36 Å². The van der Waals surface area contributed by atoms with Gasteiger partial charge >= 0.3 is 0 Å². The largest absolute Gasteiger partial charge is 0.298 e. The third-order valence-corrected chi connectivity index (χ3v) is 7.10. The number of halogens is 1. The van der Waals surface area contributed by atoms with Crippen LogP contribution in [0.25, 0.3) is 10.2 Å². The maximum absolute atomic E-state index is 12.9. The fourth-order valence-electron chi connectivity index (χ4n) is 3.32. The topological polar surface area (TPSA) is 34.9 Å². The summed E-state index contributed by atoms with van der Waals surface area (Å²) in [7, 11) is 0. The highest BCUT2D eigenvalue weighted by Gasteiger charge is 2.23. The van der Waals surface area contributed by atoms with E-state index >= 15 is 0 Å². The minimum atomic E-state index is 0.119. The van der Waals surface area contributed by atoms with Crippen molar-refractivity contribution in [1.82, 2.24) is 9.55 Å². The van der Waals surface area contributed by atoms with Gasteiger partial charge in [-0.15, -0.1) is 23.1 Å². The first-order chi connectivity index (χ1) is 12.1. The van der Waals surface area contributed by atoms with Gasteiger partial charge in [0.25, 0.3) is 5.56 Å². The van der Waals surface area contributed by atoms with Gasteiger partial charge in [0.1, 0.15) is 4.83 Å². The zero-order valence-electron chi connectivity index (χ0n) is 14.0. The van der Waals surface area contributed by atoms with Crippen molar-refractivity contribution in [1.29, 1.82) is 0 Å². The molecule has 4 rings (SSSR count). The van der Waals surface area contributed by atoms with Gasteiger partial charge < -0.3 is 0 Å². The molecule has 0 spiro atoms. The van der Waals surface area contributed by atoms with E-state index in [2.05, 4.69) is 11.9 Å². The zero-order chi connectivity index (χ0) is 17.4. The fourth-order valence-corrected chi connectivity index (χ4v) is 5.64. The Bertz CT molecular complexity index is 962. The average molecular weight is 391 g/mol. The van der Waals surface area contributed by atoms with Gasteiger partial charge in [0.05, 0.1) is 11.7 Å². The van der Waals surface area contributed by atoms with Crippen molar-refractivity contribution in [3.05, 3.63) is 56.4 Å². The molecule has 1 aromatic carbocycles. The summed E-state index contributed by atoms with van der Waals surface area (Å²) < 4.78 is 1.76. The molecule has 1 atom stereocenters. The van der Waals surface area contributed by atoms with E-state index in [4.69, 9.17) is 11.6 Å². The van der Waals surface area contributed by atoms with Crippen molar-refractivity contribution in [3.63, 3.8) is 0 Å². The number of fused-ring (bicyclic) bond motifs is 3. The molecule has 0 radical (unpaired) electrons. The highest BCUT2D eigenvalue weighted by atomic mass is 35.5. The lowest BCUT2D eigenvalue weighted by atomic mass is 9.89. The van der Waals surface area contributed by atoms with Crippen LogP contribution in [0.5, 0.6) is 0 Å². The molecule has 130 valence electrons. The summed E-state index contributed by atoms with van der Waals surface area (Å²) in [5.74, 6) is 1.54. The van der Waals surface area contributed by atoms with Gasteiger partial charge in [0.15, 0.2) is 0 Å². The van der Waals surface area contributed by atoms with Gasteiger partial charge in [-0.25, -0.2) is 4.98 Å². The second-order valence-electron chi connectivity index (χ2n) is 6.58. The Morgan fingerprint density at radius 2 is 2.16 bits per heavy atom. The maximum Gasteiger partial charge on any atom is 0.262 e. The number of thioether (sulfide) groups is 1. The maximum atomic E-state index is 12.9. The molecule has 2 aromatic heterocycles. The van der Waals surface area contributed by atoms with Crippen LogP contribution in [0.2, 0.25) is 5.02 Å². The van der Waals surface area contributed by atoms with Crippen LogP contribution in [0, 0.1) is 5.92 Å². The van der Waals surface area contributed by atoms with Gasteiger partial charge in [0.2, 0.25) is 0 Å². The number of thiophene rings is 1. The molecule has 0 saturated carbocycles. The highest BCUT2D eigenvalue weighted by Crippen LogP contribution is 2.35. The van der Waals surface area contributed by atoms with Crippen molar-refractivity contribution in [3.8, 4) is 0 Å². The molecular weight excluding hydrogens is 372 g/mol. The Morgan fingerprint density at radius 1 is 1.36 bits per heavy atom. The van der Waals surface area contributed by atoms with Crippen LogP contribution in [-0.2, 0) is 19.4 Å². The minimum absolute atomic E-state index is 0.119. The van der Waals surface area contributed by atoms with E-state index in [1.54, 1.807) is 34.0 Å². The van der Waals surface area contributed by atoms with Crippen molar-refractivity contribution >= 4 is 44.9 Å². The fraction of sp³-hybridized carbons (Fsp3) is 0.368. The summed E-state index contributed by atoms with van der Waals surface area (Å²) in [6.07, 6.45) is 4.97. The molecule has 0 N–H and O–H groups in total. The number of aromatic nitrogens is 2. The van der Waals surface area contributed by atoms with Crippen LogP contribution >= 0.6 is 34.7 Å². The summed E-state index contributed by atoms with van der Waals surface area (Å²) in [5, 5.41) is 1.61. The quantitative estimate of drug-likeness (QED) is 0.586. The Morgan fingerprint density at radius 3 is 2.96 bits per heavy atom. The first-order valence-electron chi connectivity index (χ1n) is 8.50. The van der Waals surface area contributed by atoms with E-state index in [1.165, 1.54) is 16.9 Å². The molecule has 2 heterocycles. The van der Waals surface area contributed by atoms with E-state index in [9.17, 15) is 4.79 Å². The van der Waals surface area contributed by atoms with E-state index in [0.29, 0.717) is 12.5 Å². The first-order valence-corrected chi connectivity index (χ1v) is 10.7. The van der Waals surface area contributed by atoms with Crippen LogP contribution < -0.4 is 5.56 Å². The molecule has 0 bridgehead atoms. The van der Waals surface area contributed by atoms with E-state index in [1.807, 2.05) is 24.3 Å². The first kappa shape index (κ1) is 17.1. The van der Waals surface area contributed by atoms with E-state index < -0.39 is 0 Å². The normalized spacial score (nSPS) is 17.0. The van der Waals surface area contributed by atoms with Crippen molar-refractivity contribution in [2.75, 3.05) is 5.75 Å². The molecule has 0 amide bonds. The van der Waals surface area contributed by atoms with Gasteiger partial charge in [0, 0.05) is 27.1 Å². The molecule has 0 unspecified atom stereocenters. The van der Waals surface area contributed by atoms with Crippen molar-refractivity contribution in [2.24, 2.45) is 5.92 Å². The monoisotopic (exact) mass is 390 g/mol. The molecule has 1 aliphatic rings. The van der Waals surface area contributed by atoms with Crippen LogP contribution in [0.4, 0.5) is 0 Å². The Balaban J connectivity index is 1.55. The van der Waals surface area contributed by atoms with Crippen LogP contribution in [0.15, 0.2) is 40.3 Å². The summed E-state index contributed by atoms with van der Waals surface area (Å²) in [6.45, 7) is 2.95. The Hall–Kier alpha value is -1.30. The number of hydrogen-bond donors (Lipinski definition) is 0. The van der Waals surface area contributed by atoms with Gasteiger partial charge in [-0.05, 0) is 55.0 Å². The summed E-state index contributed by atoms with van der Waals surface area (Å²) >= 11 is 9.34. The minimum Gasteiger partial charge on any atom is -0.298 e. The summed E-state index contributed by atoms with van der Waals surface area (Å²) in [6, 6.07) is 7.80. The third-order valence-electron chi connectivity index (χ3n) is 4.70. The molecule has 3 aromatic rings. The second kappa shape index (κ2) is 7.14. The predicted octanol–water partition coefficient (Wildman–Crippen LogP) is 5.03. The van der Waals surface area contributed by atoms with Crippen LogP contribution in [-0.4, -0.2) is 15.3 Å². The lowest BCUT2D eigenvalue weighted by molar-refractivity contribution is 0.509. The average Bonchev–Trinajstić information content (AvgIpc) is 2.97. The highest BCUT2D eigenvalue weighted by molar-refractivity contribution is 7.99. The molecule has 0 fully saturated rings. The number of benzene rings is 1. The zero-order valence-corrected chi connectivity index (χ0v) is 16.4. The molecule has 25 heavy (non-hydrogen) atoms. The molecule has 0 aliphatic heterocycles. The summed E-state index contributed by atoms with van der Waals surface area (Å²) in [4.78, 5) is 20.9. The smallest absolute Gasteiger partial charge is 0.262 e. The number of rotatable bonds is 4. The summed E-state index contributed by atoms with van der Waals surface area (Å²) in [5.41, 5.74) is 1.38. The van der Waals surface area contributed by atoms with E-state index in [-0.39, 0.29) is 5.56 Å². The van der Waals surface area contributed by atoms with Gasteiger partial charge in [-0.2, -0.15) is 0 Å². The van der Waals surface area contributed by atoms with Crippen molar-refractivity contribution < 1.29 is 0 Å². The number of nitrogens with zero attached hydrogens (tertiary/aromatic N) is 2. The van der Waals surface area contributed by atoms with Crippen molar-refractivity contribution in [2.45, 2.75) is 37.6 Å². The number of aryl methyl sites for hydroxylation is 2. The molecule has 0 saturated heterocycles. The molecule has 6 heteroatoms. The lowest BCUT2D eigenvalue weighted by Crippen LogP contribution is -2.22. The number of hydrogen-bond acceptors (Lipinski definition) is 4. The molecule has 1 aliphatic carbocycles. The van der Waals surface area contributed by atoms with E-state index in [0.717, 1.165) is 38.7 Å². The van der Waals surface area contributed by atoms with Gasteiger partial charge in [-0.1, -0.05) is 18.5 Å². The lowest BCUT2D eigenvalue weighted by Gasteiger charge is -2.17. The Labute approximate surface area is 160 Å². The van der Waals surface area contributed by atoms with Crippen LogP contribution in [0.1, 0.15) is 23.8 Å². The second-order valence-corrected chi connectivity index (χ2v) is 9.27.